The van der Waals surface area contributed by atoms with E-state index >= 15 is 0 Å². The van der Waals surface area contributed by atoms with E-state index in [1.165, 1.54) is 22.5 Å². The van der Waals surface area contributed by atoms with Crippen LogP contribution in [-0.4, -0.2) is 53.9 Å². The molecule has 0 spiro atoms. The molecule has 0 bridgehead atoms. The van der Waals surface area contributed by atoms with E-state index in [1.807, 2.05) is 29.2 Å². The molecule has 9 nitrogen and oxygen atoms in total. The van der Waals surface area contributed by atoms with Gasteiger partial charge in [-0.05, 0) is 24.3 Å². The average molecular weight is 399 g/mol. The lowest BCUT2D eigenvalue weighted by Gasteiger charge is -2.33. The molecule has 3 heterocycles. The first-order chi connectivity index (χ1) is 13.5. The Morgan fingerprint density at radius 1 is 0.964 bits per heavy atom. The largest absolute Gasteiger partial charge is 0.417 e. The molecule has 2 aromatic carbocycles. The number of aromatic amines is 2. The van der Waals surface area contributed by atoms with Crippen LogP contribution in [0.3, 0.4) is 0 Å². The third kappa shape index (κ3) is 2.77. The number of para-hydroxylation sites is 2. The number of hydrogen-bond donors (Lipinski definition) is 2. The first kappa shape index (κ1) is 17.0. The van der Waals surface area contributed by atoms with Gasteiger partial charge in [0.1, 0.15) is 0 Å². The first-order valence-corrected chi connectivity index (χ1v) is 10.3. The molecular formula is C18H17N5O4S. The van der Waals surface area contributed by atoms with Crippen LogP contribution in [-0.2, 0) is 10.0 Å². The normalized spacial score (nSPS) is 16.2. The highest BCUT2D eigenvalue weighted by Crippen LogP contribution is 2.23. The number of oxazole rings is 1. The minimum Gasteiger partial charge on any atom is -0.408 e. The van der Waals surface area contributed by atoms with Gasteiger partial charge in [0.05, 0.1) is 21.4 Å². The van der Waals surface area contributed by atoms with E-state index in [9.17, 15) is 13.2 Å². The third-order valence-electron chi connectivity index (χ3n) is 4.95. The van der Waals surface area contributed by atoms with E-state index in [4.69, 9.17) is 4.42 Å². The molecule has 0 amide bonds. The summed E-state index contributed by atoms with van der Waals surface area (Å²) in [5.41, 5.74) is 2.54. The summed E-state index contributed by atoms with van der Waals surface area (Å²) in [6.45, 7) is 1.74. The van der Waals surface area contributed by atoms with E-state index in [0.717, 1.165) is 17.0 Å². The highest BCUT2D eigenvalue weighted by Gasteiger charge is 2.30. The van der Waals surface area contributed by atoms with Crippen LogP contribution in [0.4, 0.5) is 5.95 Å². The summed E-state index contributed by atoms with van der Waals surface area (Å²) in [6, 6.07) is 12.2. The number of nitrogens with one attached hydrogen (secondary N) is 2. The van der Waals surface area contributed by atoms with Crippen LogP contribution >= 0.6 is 0 Å². The van der Waals surface area contributed by atoms with Gasteiger partial charge >= 0.3 is 5.76 Å². The number of imidazole rings is 1. The molecular weight excluding hydrogens is 382 g/mol. The Balaban J connectivity index is 1.36. The van der Waals surface area contributed by atoms with Crippen LogP contribution < -0.4 is 10.7 Å². The topological polar surface area (TPSA) is 115 Å². The molecule has 10 heteroatoms. The zero-order valence-corrected chi connectivity index (χ0v) is 15.6. The second-order valence-electron chi connectivity index (χ2n) is 6.64. The van der Waals surface area contributed by atoms with Gasteiger partial charge in [0.15, 0.2) is 5.58 Å². The third-order valence-corrected chi connectivity index (χ3v) is 6.84. The van der Waals surface area contributed by atoms with Crippen molar-refractivity contribution >= 4 is 38.1 Å². The lowest BCUT2D eigenvalue weighted by Crippen LogP contribution is -2.49. The number of fused-ring (bicyclic) bond motifs is 2. The summed E-state index contributed by atoms with van der Waals surface area (Å²) in [5.74, 6) is 0.137. The van der Waals surface area contributed by atoms with Crippen LogP contribution in [0.25, 0.3) is 22.1 Å². The van der Waals surface area contributed by atoms with Crippen LogP contribution in [0.5, 0.6) is 0 Å². The number of anilines is 1. The Morgan fingerprint density at radius 2 is 1.75 bits per heavy atom. The smallest absolute Gasteiger partial charge is 0.408 e. The Morgan fingerprint density at radius 3 is 2.54 bits per heavy atom. The molecule has 0 aliphatic carbocycles. The van der Waals surface area contributed by atoms with Gasteiger partial charge in [-0.2, -0.15) is 4.31 Å². The summed E-state index contributed by atoms with van der Waals surface area (Å²) in [7, 11) is -3.67. The number of H-pyrrole nitrogens is 2. The van der Waals surface area contributed by atoms with Crippen molar-refractivity contribution in [3.05, 3.63) is 53.0 Å². The van der Waals surface area contributed by atoms with Gasteiger partial charge in [-0.3, -0.25) is 4.98 Å². The molecule has 1 aliphatic rings. The van der Waals surface area contributed by atoms with Crippen LogP contribution in [0, 0.1) is 0 Å². The van der Waals surface area contributed by atoms with Crippen LogP contribution in [0.1, 0.15) is 0 Å². The molecule has 28 heavy (non-hydrogen) atoms. The van der Waals surface area contributed by atoms with Crippen LogP contribution in [0.2, 0.25) is 0 Å². The van der Waals surface area contributed by atoms with Crippen molar-refractivity contribution in [3.8, 4) is 0 Å². The van der Waals surface area contributed by atoms with Crippen molar-refractivity contribution in [1.82, 2.24) is 19.3 Å². The van der Waals surface area contributed by atoms with Crippen LogP contribution in [0.15, 0.2) is 56.6 Å². The lowest BCUT2D eigenvalue weighted by atomic mass is 10.3. The molecule has 1 aliphatic heterocycles. The fourth-order valence-corrected chi connectivity index (χ4v) is 4.90. The van der Waals surface area contributed by atoms with E-state index in [0.29, 0.717) is 31.7 Å². The van der Waals surface area contributed by atoms with Crippen molar-refractivity contribution in [3.63, 3.8) is 0 Å². The van der Waals surface area contributed by atoms with Crippen molar-refractivity contribution < 1.29 is 12.8 Å². The van der Waals surface area contributed by atoms with E-state index in [-0.39, 0.29) is 10.5 Å². The van der Waals surface area contributed by atoms with Crippen molar-refractivity contribution in [2.45, 2.75) is 4.90 Å². The standard InChI is InChI=1S/C18H17N5O4S/c24-18-21-15-6-5-12(11-16(15)27-18)28(25,26)23-9-7-22(8-10-23)17-19-13-3-1-2-4-14(13)20-17/h1-6,11H,7-10H2,(H,19,20)(H,21,24). The zero-order valence-electron chi connectivity index (χ0n) is 14.8. The Kier molecular flexibility index (Phi) is 3.78. The molecule has 0 atom stereocenters. The Hall–Kier alpha value is -3.11. The number of piperazine rings is 1. The van der Waals surface area contributed by atoms with Crippen molar-refractivity contribution in [1.29, 1.82) is 0 Å². The Bertz CT molecular complexity index is 1300. The lowest BCUT2D eigenvalue weighted by molar-refractivity contribution is 0.383. The highest BCUT2D eigenvalue weighted by molar-refractivity contribution is 7.89. The molecule has 2 N–H and O–H groups in total. The number of aromatic nitrogens is 3. The number of hydrogen-bond acceptors (Lipinski definition) is 6. The number of nitrogens with zero attached hydrogens (tertiary/aromatic N) is 3. The molecule has 0 unspecified atom stereocenters. The van der Waals surface area contributed by atoms with Gasteiger partial charge in [-0.15, -0.1) is 0 Å². The fraction of sp³-hybridized carbons (Fsp3) is 0.222. The second kappa shape index (κ2) is 6.21. The number of benzene rings is 2. The predicted molar refractivity (Wildman–Crippen MR) is 104 cm³/mol. The molecule has 5 rings (SSSR count). The van der Waals surface area contributed by atoms with Crippen molar-refractivity contribution in [2.24, 2.45) is 0 Å². The second-order valence-corrected chi connectivity index (χ2v) is 8.58. The van der Waals surface area contributed by atoms with Gasteiger partial charge in [-0.1, -0.05) is 12.1 Å². The highest BCUT2D eigenvalue weighted by atomic mass is 32.2. The number of sulfonamides is 1. The molecule has 144 valence electrons. The van der Waals surface area contributed by atoms with Gasteiger partial charge in [0, 0.05) is 32.2 Å². The van der Waals surface area contributed by atoms with Gasteiger partial charge < -0.3 is 14.3 Å². The minimum absolute atomic E-state index is 0.111. The number of rotatable bonds is 3. The summed E-state index contributed by atoms with van der Waals surface area (Å²) in [6.07, 6.45) is 0. The van der Waals surface area contributed by atoms with Crippen molar-refractivity contribution in [2.75, 3.05) is 31.1 Å². The quantitative estimate of drug-likeness (QED) is 0.540. The van der Waals surface area contributed by atoms with Gasteiger partial charge in [0.25, 0.3) is 0 Å². The first-order valence-electron chi connectivity index (χ1n) is 8.83. The molecule has 4 aromatic rings. The molecule has 0 radical (unpaired) electrons. The maximum Gasteiger partial charge on any atom is 0.417 e. The Labute approximate surface area is 159 Å². The monoisotopic (exact) mass is 399 g/mol. The van der Waals surface area contributed by atoms with E-state index in [2.05, 4.69) is 15.0 Å². The minimum atomic E-state index is -3.67. The maximum atomic E-state index is 13.0. The summed E-state index contributed by atoms with van der Waals surface area (Å²) >= 11 is 0. The molecule has 0 saturated carbocycles. The summed E-state index contributed by atoms with van der Waals surface area (Å²) in [5, 5.41) is 0. The summed E-state index contributed by atoms with van der Waals surface area (Å²) in [4.78, 5) is 23.8. The zero-order chi connectivity index (χ0) is 19.3. The van der Waals surface area contributed by atoms with Gasteiger partial charge in [0.2, 0.25) is 16.0 Å². The maximum absolute atomic E-state index is 13.0. The van der Waals surface area contributed by atoms with E-state index < -0.39 is 15.8 Å². The molecule has 1 fully saturated rings. The van der Waals surface area contributed by atoms with Gasteiger partial charge in [-0.25, -0.2) is 18.2 Å². The fourth-order valence-electron chi connectivity index (χ4n) is 3.46. The van der Waals surface area contributed by atoms with E-state index in [1.54, 1.807) is 0 Å². The molecule has 1 saturated heterocycles. The summed E-state index contributed by atoms with van der Waals surface area (Å²) < 4.78 is 32.4. The molecule has 2 aromatic heterocycles. The SMILES string of the molecule is O=c1[nH]c2ccc(S(=O)(=O)N3CCN(c4nc5ccccc5[nH]4)CC3)cc2o1. The average Bonchev–Trinajstić information content (AvgIpc) is 3.29. The predicted octanol–water partition coefficient (Wildman–Crippen LogP) is 1.51.